The van der Waals surface area contributed by atoms with E-state index in [4.69, 9.17) is 4.74 Å². The number of amides is 3. The summed E-state index contributed by atoms with van der Waals surface area (Å²) < 4.78 is 19.0. The fourth-order valence-electron chi connectivity index (χ4n) is 4.78. The van der Waals surface area contributed by atoms with E-state index in [0.717, 1.165) is 47.9 Å². The molecule has 0 radical (unpaired) electrons. The maximum atomic E-state index is 13.7. The minimum atomic E-state index is -0.566. The first kappa shape index (κ1) is 26.5. The number of carbonyl (C=O) groups is 3. The van der Waals surface area contributed by atoms with Crippen molar-refractivity contribution in [3.8, 4) is 5.75 Å². The van der Waals surface area contributed by atoms with Gasteiger partial charge in [-0.25, -0.2) is 9.29 Å². The Morgan fingerprint density at radius 3 is 2.46 bits per heavy atom. The Kier molecular flexibility index (Phi) is 7.70. The number of thioether (sulfide) groups is 1. The van der Waals surface area contributed by atoms with Crippen molar-refractivity contribution in [2.24, 2.45) is 5.92 Å². The summed E-state index contributed by atoms with van der Waals surface area (Å²) in [6, 6.07) is 17.9. The molecule has 7 nitrogen and oxygen atoms in total. The van der Waals surface area contributed by atoms with Crippen LogP contribution in [0.15, 0.2) is 82.2 Å². The first-order valence-corrected chi connectivity index (χ1v) is 13.5. The summed E-state index contributed by atoms with van der Waals surface area (Å²) in [6.45, 7) is 1.91. The van der Waals surface area contributed by atoms with Gasteiger partial charge < -0.3 is 15.4 Å². The Hall–Kier alpha value is -4.11. The van der Waals surface area contributed by atoms with Crippen molar-refractivity contribution < 1.29 is 23.5 Å². The van der Waals surface area contributed by atoms with Crippen LogP contribution in [-0.2, 0) is 14.4 Å². The predicted molar refractivity (Wildman–Crippen MR) is 150 cm³/mol. The maximum Gasteiger partial charge on any atom is 0.283 e. The quantitative estimate of drug-likeness (QED) is 0.325. The second-order valence-corrected chi connectivity index (χ2v) is 10.6. The predicted octanol–water partition coefficient (Wildman–Crippen LogP) is 6.26. The molecule has 1 fully saturated rings. The molecular weight excluding hydrogens is 517 g/mol. The molecule has 2 aliphatic rings. The van der Waals surface area contributed by atoms with E-state index in [-0.39, 0.29) is 28.1 Å². The van der Waals surface area contributed by atoms with Crippen LogP contribution in [0.5, 0.6) is 5.75 Å². The lowest BCUT2D eigenvalue weighted by Crippen LogP contribution is -2.32. The highest BCUT2D eigenvalue weighted by Gasteiger charge is 2.40. The van der Waals surface area contributed by atoms with Gasteiger partial charge in [-0.2, -0.15) is 0 Å². The average Bonchev–Trinajstić information content (AvgIpc) is 3.54. The number of ether oxygens (including phenoxy) is 1. The van der Waals surface area contributed by atoms with Crippen LogP contribution in [0.3, 0.4) is 0 Å². The molecule has 1 heterocycles. The summed E-state index contributed by atoms with van der Waals surface area (Å²) in [7, 11) is 1.53. The Morgan fingerprint density at radius 2 is 1.74 bits per heavy atom. The van der Waals surface area contributed by atoms with E-state index in [1.807, 2.05) is 25.1 Å². The van der Waals surface area contributed by atoms with Crippen LogP contribution >= 0.6 is 11.8 Å². The number of rotatable bonds is 8. The molecule has 0 aromatic heterocycles. The molecule has 0 unspecified atom stereocenters. The number of nitrogens with zero attached hydrogens (tertiary/aromatic N) is 1. The molecule has 0 spiro atoms. The molecule has 9 heteroatoms. The second kappa shape index (κ2) is 11.3. The number of aryl methyl sites for hydroxylation is 1. The number of nitrogens with one attached hydrogen (secondary N) is 2. The number of halogens is 1. The fraction of sp³-hybridized carbons (Fsp3) is 0.233. The van der Waals surface area contributed by atoms with Crippen LogP contribution in [0, 0.1) is 18.7 Å². The van der Waals surface area contributed by atoms with Gasteiger partial charge in [0.05, 0.1) is 18.5 Å². The van der Waals surface area contributed by atoms with E-state index in [0.29, 0.717) is 22.0 Å². The van der Waals surface area contributed by atoms with Gasteiger partial charge in [-0.1, -0.05) is 36.7 Å². The summed E-state index contributed by atoms with van der Waals surface area (Å²) in [6.07, 6.45) is 3.90. The zero-order chi connectivity index (χ0) is 27.5. The van der Waals surface area contributed by atoms with Crippen LogP contribution in [0.1, 0.15) is 31.2 Å². The molecule has 39 heavy (non-hydrogen) atoms. The largest absolute Gasteiger partial charge is 0.495 e. The molecule has 3 aromatic rings. The molecule has 3 amide bonds. The van der Waals surface area contributed by atoms with E-state index < -0.39 is 17.6 Å². The molecule has 3 aromatic carbocycles. The number of hydrogen-bond acceptors (Lipinski definition) is 6. The number of benzene rings is 3. The number of methoxy groups -OCH3 is 1. The zero-order valence-corrected chi connectivity index (χ0v) is 22.4. The van der Waals surface area contributed by atoms with Crippen LogP contribution in [0.4, 0.5) is 21.5 Å². The van der Waals surface area contributed by atoms with Gasteiger partial charge in [-0.15, -0.1) is 0 Å². The summed E-state index contributed by atoms with van der Waals surface area (Å²) in [4.78, 5) is 41.8. The third-order valence-corrected chi connectivity index (χ3v) is 7.86. The molecule has 0 bridgehead atoms. The Morgan fingerprint density at radius 1 is 1.00 bits per heavy atom. The first-order valence-electron chi connectivity index (χ1n) is 12.7. The first-order chi connectivity index (χ1) is 18.8. The van der Waals surface area contributed by atoms with Crippen molar-refractivity contribution in [2.45, 2.75) is 37.5 Å². The van der Waals surface area contributed by atoms with Gasteiger partial charge in [0.2, 0.25) is 5.91 Å². The number of carbonyl (C=O) groups excluding carboxylic acids is 3. The normalized spacial score (nSPS) is 15.7. The molecule has 0 atom stereocenters. The Labute approximate surface area is 230 Å². The van der Waals surface area contributed by atoms with Crippen LogP contribution in [-0.4, -0.2) is 24.8 Å². The van der Waals surface area contributed by atoms with E-state index in [1.54, 1.807) is 24.3 Å². The van der Waals surface area contributed by atoms with Gasteiger partial charge in [0.25, 0.3) is 11.8 Å². The van der Waals surface area contributed by atoms with Gasteiger partial charge in [0, 0.05) is 16.5 Å². The summed E-state index contributed by atoms with van der Waals surface area (Å²) >= 11 is 1.12. The maximum absolute atomic E-state index is 13.7. The van der Waals surface area contributed by atoms with Crippen molar-refractivity contribution in [3.05, 3.63) is 88.7 Å². The SMILES string of the molecule is COc1ccc(C)cc1NC1=C(Sc2cccc(NC(=O)C3CCCC3)c2)C(=O)N(c2ccc(F)cc2)C1=O. The van der Waals surface area contributed by atoms with Crippen molar-refractivity contribution in [1.29, 1.82) is 0 Å². The molecule has 1 saturated carbocycles. The van der Waals surface area contributed by atoms with Gasteiger partial charge in [-0.3, -0.25) is 14.4 Å². The van der Waals surface area contributed by atoms with Crippen LogP contribution < -0.4 is 20.3 Å². The summed E-state index contributed by atoms with van der Waals surface area (Å²) in [5.74, 6) is -1.05. The lowest BCUT2D eigenvalue weighted by Gasteiger charge is -2.16. The van der Waals surface area contributed by atoms with Crippen molar-refractivity contribution >= 4 is 46.5 Å². The fourth-order valence-corrected chi connectivity index (χ4v) is 5.77. The topological polar surface area (TPSA) is 87.7 Å². The third-order valence-electron chi connectivity index (χ3n) is 6.79. The lowest BCUT2D eigenvalue weighted by atomic mass is 10.1. The van der Waals surface area contributed by atoms with Crippen molar-refractivity contribution in [1.82, 2.24) is 0 Å². The highest BCUT2D eigenvalue weighted by Crippen LogP contribution is 2.40. The van der Waals surface area contributed by atoms with Crippen LogP contribution in [0.25, 0.3) is 0 Å². The van der Waals surface area contributed by atoms with E-state index in [9.17, 15) is 18.8 Å². The zero-order valence-electron chi connectivity index (χ0n) is 21.6. The third kappa shape index (κ3) is 5.68. The molecular formula is C30H28FN3O4S. The van der Waals surface area contributed by atoms with E-state index in [2.05, 4.69) is 10.6 Å². The van der Waals surface area contributed by atoms with Gasteiger partial charge in [-0.05, 0) is 79.9 Å². The van der Waals surface area contributed by atoms with Crippen molar-refractivity contribution in [3.63, 3.8) is 0 Å². The molecule has 5 rings (SSSR count). The molecule has 1 aliphatic heterocycles. The average molecular weight is 546 g/mol. The highest BCUT2D eigenvalue weighted by atomic mass is 32.2. The van der Waals surface area contributed by atoms with Gasteiger partial charge in [0.15, 0.2) is 0 Å². The van der Waals surface area contributed by atoms with E-state index in [1.165, 1.54) is 31.4 Å². The second-order valence-electron chi connectivity index (χ2n) is 9.56. The van der Waals surface area contributed by atoms with Gasteiger partial charge in [0.1, 0.15) is 22.2 Å². The minimum absolute atomic E-state index is 0.00244. The monoisotopic (exact) mass is 545 g/mol. The Balaban J connectivity index is 1.48. The Bertz CT molecular complexity index is 1470. The lowest BCUT2D eigenvalue weighted by molar-refractivity contribution is -0.121. The summed E-state index contributed by atoms with van der Waals surface area (Å²) in [5, 5.41) is 6.11. The number of hydrogen-bond donors (Lipinski definition) is 2. The number of imide groups is 1. The minimum Gasteiger partial charge on any atom is -0.495 e. The smallest absolute Gasteiger partial charge is 0.283 e. The number of anilines is 3. The van der Waals surface area contributed by atoms with E-state index >= 15 is 0 Å². The standard InChI is InChI=1S/C30H28FN3O4S/c1-18-10-15-25(38-2)24(16-18)33-26-27(30(37)34(29(26)36)22-13-11-20(31)12-14-22)39-23-9-5-8-21(17-23)32-28(35)19-6-3-4-7-19/h5,8-17,19,33H,3-4,6-7H2,1-2H3,(H,32,35). The molecule has 0 saturated heterocycles. The molecule has 2 N–H and O–H groups in total. The van der Waals surface area contributed by atoms with Gasteiger partial charge >= 0.3 is 0 Å². The van der Waals surface area contributed by atoms with Crippen LogP contribution in [0.2, 0.25) is 0 Å². The van der Waals surface area contributed by atoms with Crippen molar-refractivity contribution in [2.75, 3.05) is 22.6 Å². The highest BCUT2D eigenvalue weighted by molar-refractivity contribution is 8.04. The molecule has 200 valence electrons. The summed E-state index contributed by atoms with van der Waals surface area (Å²) in [5.41, 5.74) is 2.43. The molecule has 1 aliphatic carbocycles.